The monoisotopic (exact) mass is 512 g/mol. The van der Waals surface area contributed by atoms with E-state index in [0.717, 1.165) is 17.8 Å². The van der Waals surface area contributed by atoms with Gasteiger partial charge in [0.15, 0.2) is 0 Å². The van der Waals surface area contributed by atoms with Gasteiger partial charge in [0.25, 0.3) is 5.91 Å². The highest BCUT2D eigenvalue weighted by molar-refractivity contribution is 7.73. The average Bonchev–Trinajstić information content (AvgIpc) is 2.94. The summed E-state index contributed by atoms with van der Waals surface area (Å²) >= 11 is 0. The lowest BCUT2D eigenvalue weighted by Gasteiger charge is -2.37. The van der Waals surface area contributed by atoms with E-state index < -0.39 is 16.3 Å². The lowest BCUT2D eigenvalue weighted by Crippen LogP contribution is -2.47. The number of fused-ring (bicyclic) bond motifs is 1. The second-order valence-electron chi connectivity index (χ2n) is 8.78. The van der Waals surface area contributed by atoms with Gasteiger partial charge in [-0.1, -0.05) is 61.5 Å². The van der Waals surface area contributed by atoms with Gasteiger partial charge in [-0.3, -0.25) is 9.69 Å². The number of carbonyl (C=O) groups is 1. The number of hydrogen-bond acceptors (Lipinski definition) is 6. The van der Waals surface area contributed by atoms with E-state index >= 15 is 0 Å². The van der Waals surface area contributed by atoms with Crippen molar-refractivity contribution < 1.29 is 13.2 Å². The molecule has 37 heavy (non-hydrogen) atoms. The van der Waals surface area contributed by atoms with Crippen molar-refractivity contribution in [2.75, 3.05) is 25.2 Å². The van der Waals surface area contributed by atoms with Crippen LogP contribution in [-0.4, -0.2) is 50.4 Å². The predicted molar refractivity (Wildman–Crippen MR) is 147 cm³/mol. The number of hydrogen-bond donors (Lipinski definition) is 1. The molecular weight excluding hydrogens is 484 g/mol. The van der Waals surface area contributed by atoms with Crippen LogP contribution >= 0.6 is 0 Å². The summed E-state index contributed by atoms with van der Waals surface area (Å²) in [6.45, 7) is 3.66. The zero-order chi connectivity index (χ0) is 26.4. The Kier molecular flexibility index (Phi) is 8.18. The summed E-state index contributed by atoms with van der Waals surface area (Å²) in [5.74, 6) is -0.300. The Morgan fingerprint density at radius 1 is 1.03 bits per heavy atom. The molecule has 0 heterocycles. The molecule has 7 nitrogen and oxygen atoms in total. The van der Waals surface area contributed by atoms with Crippen molar-refractivity contribution in [1.29, 1.82) is 5.26 Å². The first-order valence-corrected chi connectivity index (χ1v) is 13.1. The van der Waals surface area contributed by atoms with E-state index in [9.17, 15) is 13.2 Å². The third kappa shape index (κ3) is 5.80. The fraction of sp³-hybridized carbons (Fsp3) is 0.207. The summed E-state index contributed by atoms with van der Waals surface area (Å²) in [5, 5.41) is 11.9. The maximum Gasteiger partial charge on any atom is 0.252 e. The quantitative estimate of drug-likeness (QED) is 0.365. The molecule has 0 saturated heterocycles. The molecule has 0 bridgehead atoms. The van der Waals surface area contributed by atoms with Gasteiger partial charge in [-0.05, 0) is 55.1 Å². The zero-order valence-electron chi connectivity index (χ0n) is 20.8. The molecule has 0 aliphatic heterocycles. The fourth-order valence-electron chi connectivity index (χ4n) is 4.31. The van der Waals surface area contributed by atoms with Crippen LogP contribution in [0.4, 0.5) is 5.69 Å². The van der Waals surface area contributed by atoms with Crippen molar-refractivity contribution >= 4 is 32.8 Å². The number of para-hydroxylation sites is 1. The van der Waals surface area contributed by atoms with Gasteiger partial charge in [0.1, 0.15) is 4.86 Å². The summed E-state index contributed by atoms with van der Waals surface area (Å²) in [4.78, 5) is 17.5. The van der Waals surface area contributed by atoms with Gasteiger partial charge in [-0.25, -0.2) is 0 Å². The van der Waals surface area contributed by atoms with Gasteiger partial charge in [0.05, 0.1) is 24.3 Å². The fourth-order valence-corrected chi connectivity index (χ4v) is 5.07. The molecular formula is C29H28N4O3S. The molecule has 1 unspecified atom stereocenters. The molecule has 4 rings (SSSR count). The lowest BCUT2D eigenvalue weighted by molar-refractivity contribution is 0.0950. The summed E-state index contributed by atoms with van der Waals surface area (Å²) in [7, 11) is -0.529. The molecule has 0 radical (unpaired) electrons. The first-order chi connectivity index (χ1) is 17.9. The summed E-state index contributed by atoms with van der Waals surface area (Å²) < 4.78 is 25.3. The van der Waals surface area contributed by atoms with Crippen molar-refractivity contribution in [3.05, 3.63) is 107 Å². The Hall–Kier alpha value is -4.19. The number of anilines is 1. The van der Waals surface area contributed by atoms with E-state index in [4.69, 9.17) is 5.26 Å². The van der Waals surface area contributed by atoms with E-state index in [1.807, 2.05) is 61.4 Å². The molecule has 0 fully saturated rings. The molecule has 0 aromatic heterocycles. The molecule has 8 heteroatoms. The van der Waals surface area contributed by atoms with Crippen molar-refractivity contribution in [1.82, 2.24) is 10.2 Å². The molecule has 1 atom stereocenters. The van der Waals surface area contributed by atoms with Crippen molar-refractivity contribution in [3.8, 4) is 6.07 Å². The molecule has 3 aromatic rings. The molecule has 1 N–H and O–H groups in total. The standard InChI is InChI=1S/C29H28N4O3S/c1-3-32(2)20-33(23-8-5-4-6-9-23)27-17-16-24-25(28(27)37(35)36)10-7-11-26(24)29(34)31-19-22-14-12-21(18-30)13-15-22/h4-17,27H,3,19-20H2,1-2H3,(H,31,34). The molecule has 1 aliphatic rings. The van der Waals surface area contributed by atoms with Crippen molar-refractivity contribution in [2.45, 2.75) is 19.5 Å². The van der Waals surface area contributed by atoms with Gasteiger partial charge in [0, 0.05) is 23.4 Å². The summed E-state index contributed by atoms with van der Waals surface area (Å²) in [6, 6.07) is 23.4. The summed E-state index contributed by atoms with van der Waals surface area (Å²) in [6.07, 6.45) is 3.69. The number of amides is 1. The van der Waals surface area contributed by atoms with Crippen LogP contribution in [0.15, 0.2) is 78.9 Å². The maximum absolute atomic E-state index is 13.1. The van der Waals surface area contributed by atoms with Gasteiger partial charge >= 0.3 is 0 Å². The van der Waals surface area contributed by atoms with Crippen LogP contribution in [0.5, 0.6) is 0 Å². The minimum atomic E-state index is -2.52. The number of rotatable bonds is 8. The minimum absolute atomic E-state index is 0.229. The molecule has 1 amide bonds. The van der Waals surface area contributed by atoms with E-state index in [1.54, 1.807) is 42.5 Å². The van der Waals surface area contributed by atoms with Gasteiger partial charge in [-0.15, -0.1) is 0 Å². The first kappa shape index (κ1) is 25.9. The second-order valence-corrected chi connectivity index (χ2v) is 9.69. The third-order valence-electron chi connectivity index (χ3n) is 6.40. The number of nitrogens with one attached hydrogen (secondary N) is 1. The topological polar surface area (TPSA) is 93.5 Å². The van der Waals surface area contributed by atoms with Crippen LogP contribution in [0.1, 0.15) is 39.5 Å². The van der Waals surface area contributed by atoms with Crippen LogP contribution in [-0.2, 0) is 16.8 Å². The smallest absolute Gasteiger partial charge is 0.252 e. The van der Waals surface area contributed by atoms with Gasteiger partial charge < -0.3 is 10.2 Å². The predicted octanol–water partition coefficient (Wildman–Crippen LogP) is 3.70. The van der Waals surface area contributed by atoms with E-state index in [1.165, 1.54) is 0 Å². The minimum Gasteiger partial charge on any atom is -0.348 e. The number of nitrogens with zero attached hydrogens (tertiary/aromatic N) is 3. The second kappa shape index (κ2) is 11.7. The maximum atomic E-state index is 13.1. The Morgan fingerprint density at radius 3 is 2.41 bits per heavy atom. The van der Waals surface area contributed by atoms with Crippen LogP contribution in [0, 0.1) is 11.3 Å². The van der Waals surface area contributed by atoms with Crippen LogP contribution < -0.4 is 10.2 Å². The molecule has 3 aromatic carbocycles. The summed E-state index contributed by atoms with van der Waals surface area (Å²) in [5.41, 5.74) is 3.81. The van der Waals surface area contributed by atoms with E-state index in [0.29, 0.717) is 28.9 Å². The van der Waals surface area contributed by atoms with Crippen LogP contribution in [0.3, 0.4) is 0 Å². The molecule has 188 valence electrons. The number of nitriles is 1. The highest BCUT2D eigenvalue weighted by Crippen LogP contribution is 2.29. The molecule has 1 aliphatic carbocycles. The van der Waals surface area contributed by atoms with Crippen molar-refractivity contribution in [3.63, 3.8) is 0 Å². The molecule has 0 saturated carbocycles. The largest absolute Gasteiger partial charge is 0.348 e. The Bertz CT molecular complexity index is 1480. The van der Waals surface area contributed by atoms with Crippen LogP contribution in [0.25, 0.3) is 6.08 Å². The van der Waals surface area contributed by atoms with E-state index in [-0.39, 0.29) is 17.3 Å². The van der Waals surface area contributed by atoms with Crippen molar-refractivity contribution in [2.24, 2.45) is 0 Å². The Morgan fingerprint density at radius 2 is 1.76 bits per heavy atom. The van der Waals surface area contributed by atoms with Gasteiger partial charge in [0.2, 0.25) is 10.3 Å². The third-order valence-corrected chi connectivity index (χ3v) is 7.22. The zero-order valence-corrected chi connectivity index (χ0v) is 21.6. The Labute approximate surface area is 218 Å². The van der Waals surface area contributed by atoms with Crippen LogP contribution in [0.2, 0.25) is 0 Å². The lowest BCUT2D eigenvalue weighted by atomic mass is 9.89. The number of benzene rings is 3. The molecule has 0 spiro atoms. The first-order valence-electron chi connectivity index (χ1n) is 12.0. The average molecular weight is 513 g/mol. The van der Waals surface area contributed by atoms with E-state index in [2.05, 4.69) is 16.3 Å². The SMILES string of the molecule is CCN(C)CN(c1ccccc1)C1C=Cc2c(C(=O)NCc3ccc(C#N)cc3)cccc2C1=S(=O)=O. The highest BCUT2D eigenvalue weighted by Gasteiger charge is 2.31. The highest BCUT2D eigenvalue weighted by atomic mass is 32.2. The van der Waals surface area contributed by atoms with Gasteiger partial charge in [-0.2, -0.15) is 13.7 Å². The number of carbonyl (C=O) groups excluding carboxylic acids is 1. The Balaban J connectivity index is 1.67. The normalized spacial score (nSPS) is 14.1.